The highest BCUT2D eigenvalue weighted by molar-refractivity contribution is 6.00. The second-order valence-corrected chi connectivity index (χ2v) is 5.72. The molecule has 94 valence electrons. The number of benzene rings is 1. The highest BCUT2D eigenvalue weighted by Gasteiger charge is 2.26. The van der Waals surface area contributed by atoms with Crippen LogP contribution in [0.25, 0.3) is 0 Å². The van der Waals surface area contributed by atoms with E-state index in [-0.39, 0.29) is 5.78 Å². The Labute approximate surface area is 104 Å². The third-order valence-electron chi connectivity index (χ3n) is 2.96. The van der Waals surface area contributed by atoms with Crippen molar-refractivity contribution in [3.8, 4) is 0 Å². The zero-order valence-electron chi connectivity index (χ0n) is 11.3. The Morgan fingerprint density at radius 2 is 2.00 bits per heavy atom. The van der Waals surface area contributed by atoms with Gasteiger partial charge in [0.05, 0.1) is 0 Å². The van der Waals surface area contributed by atoms with Crippen LogP contribution in [0.15, 0.2) is 24.3 Å². The smallest absolute Gasteiger partial charge is 0.169 e. The van der Waals surface area contributed by atoms with Crippen molar-refractivity contribution in [3.05, 3.63) is 35.4 Å². The van der Waals surface area contributed by atoms with E-state index in [0.717, 1.165) is 12.0 Å². The number of nitrogens with two attached hydrogens (primary N) is 1. The Kier molecular flexibility index (Phi) is 4.47. The quantitative estimate of drug-likeness (QED) is 0.794. The van der Waals surface area contributed by atoms with E-state index in [9.17, 15) is 4.79 Å². The molecule has 0 radical (unpaired) electrons. The van der Waals surface area contributed by atoms with Gasteiger partial charge in [0.25, 0.3) is 0 Å². The number of hydrogen-bond acceptors (Lipinski definition) is 2. The highest BCUT2D eigenvalue weighted by Crippen LogP contribution is 2.21. The van der Waals surface area contributed by atoms with Gasteiger partial charge in [-0.2, -0.15) is 0 Å². The maximum absolute atomic E-state index is 12.3. The van der Waals surface area contributed by atoms with Gasteiger partial charge in [0.2, 0.25) is 0 Å². The van der Waals surface area contributed by atoms with Crippen molar-refractivity contribution in [1.82, 2.24) is 0 Å². The molecule has 0 aliphatic carbocycles. The van der Waals surface area contributed by atoms with Crippen LogP contribution < -0.4 is 5.73 Å². The summed E-state index contributed by atoms with van der Waals surface area (Å²) in [6.07, 6.45) is 1.00. The zero-order valence-corrected chi connectivity index (χ0v) is 11.3. The summed E-state index contributed by atoms with van der Waals surface area (Å²) in [6, 6.07) is 7.91. The van der Waals surface area contributed by atoms with Crippen molar-refractivity contribution in [2.75, 3.05) is 6.54 Å². The summed E-state index contributed by atoms with van der Waals surface area (Å²) in [4.78, 5) is 12.3. The molecule has 0 bridgehead atoms. The standard InChI is InChI=1S/C15H23NO/c1-11(2)8-12-6-5-7-13(9-12)14(17)15(3,4)10-16/h5-7,9,11H,8,10,16H2,1-4H3. The lowest BCUT2D eigenvalue weighted by Crippen LogP contribution is -2.32. The van der Waals surface area contributed by atoms with Crippen molar-refractivity contribution < 1.29 is 4.79 Å². The first-order valence-electron chi connectivity index (χ1n) is 6.20. The number of carbonyl (C=O) groups is 1. The lowest BCUT2D eigenvalue weighted by atomic mass is 9.84. The van der Waals surface area contributed by atoms with Crippen LogP contribution in [0, 0.1) is 11.3 Å². The molecule has 0 saturated carbocycles. The van der Waals surface area contributed by atoms with Gasteiger partial charge < -0.3 is 5.73 Å². The van der Waals surface area contributed by atoms with Crippen molar-refractivity contribution in [1.29, 1.82) is 0 Å². The second kappa shape index (κ2) is 5.46. The van der Waals surface area contributed by atoms with Crippen molar-refractivity contribution in [3.63, 3.8) is 0 Å². The normalized spacial score (nSPS) is 11.9. The molecule has 0 fully saturated rings. The van der Waals surface area contributed by atoms with Crippen LogP contribution in [-0.2, 0) is 6.42 Å². The molecule has 0 atom stereocenters. The molecule has 0 aliphatic heterocycles. The van der Waals surface area contributed by atoms with E-state index < -0.39 is 5.41 Å². The molecule has 1 rings (SSSR count). The van der Waals surface area contributed by atoms with E-state index >= 15 is 0 Å². The topological polar surface area (TPSA) is 43.1 Å². The minimum atomic E-state index is -0.476. The predicted molar refractivity (Wildman–Crippen MR) is 72.1 cm³/mol. The largest absolute Gasteiger partial charge is 0.329 e. The van der Waals surface area contributed by atoms with Gasteiger partial charge in [-0.1, -0.05) is 45.9 Å². The van der Waals surface area contributed by atoms with Gasteiger partial charge in [-0.05, 0) is 24.0 Å². The summed E-state index contributed by atoms with van der Waals surface area (Å²) in [5, 5.41) is 0. The molecule has 0 aliphatic rings. The predicted octanol–water partition coefficient (Wildman–Crippen LogP) is 3.05. The van der Waals surface area contributed by atoms with Gasteiger partial charge in [-0.3, -0.25) is 4.79 Å². The summed E-state index contributed by atoms with van der Waals surface area (Å²) in [5.41, 5.74) is 7.16. The molecule has 0 amide bonds. The molecule has 0 saturated heterocycles. The maximum atomic E-state index is 12.3. The van der Waals surface area contributed by atoms with E-state index in [1.165, 1.54) is 5.56 Å². The van der Waals surface area contributed by atoms with Gasteiger partial charge in [0, 0.05) is 17.5 Å². The van der Waals surface area contributed by atoms with Gasteiger partial charge in [0.15, 0.2) is 5.78 Å². The molecule has 0 heterocycles. The van der Waals surface area contributed by atoms with E-state index in [0.29, 0.717) is 12.5 Å². The molecule has 1 aromatic carbocycles. The van der Waals surface area contributed by atoms with Crippen molar-refractivity contribution in [2.45, 2.75) is 34.1 Å². The number of rotatable bonds is 5. The van der Waals surface area contributed by atoms with Crippen LogP contribution in [0.3, 0.4) is 0 Å². The lowest BCUT2D eigenvalue weighted by molar-refractivity contribution is 0.0847. The fourth-order valence-corrected chi connectivity index (χ4v) is 1.79. The average molecular weight is 233 g/mol. The highest BCUT2D eigenvalue weighted by atomic mass is 16.1. The number of ketones is 1. The Balaban J connectivity index is 2.96. The third-order valence-corrected chi connectivity index (χ3v) is 2.96. The van der Waals surface area contributed by atoms with Crippen LogP contribution in [0.1, 0.15) is 43.6 Å². The first kappa shape index (κ1) is 13.9. The zero-order chi connectivity index (χ0) is 13.1. The molecular formula is C15H23NO. The first-order valence-corrected chi connectivity index (χ1v) is 6.20. The van der Waals surface area contributed by atoms with Gasteiger partial charge in [-0.15, -0.1) is 0 Å². The van der Waals surface area contributed by atoms with Crippen molar-refractivity contribution >= 4 is 5.78 Å². The average Bonchev–Trinajstić information content (AvgIpc) is 2.27. The molecule has 2 heteroatoms. The number of hydrogen-bond donors (Lipinski definition) is 1. The summed E-state index contributed by atoms with van der Waals surface area (Å²) in [7, 11) is 0. The van der Waals surface area contributed by atoms with Gasteiger partial charge in [0.1, 0.15) is 0 Å². The Morgan fingerprint density at radius 1 is 1.35 bits per heavy atom. The Morgan fingerprint density at radius 3 is 2.53 bits per heavy atom. The summed E-state index contributed by atoms with van der Waals surface area (Å²) < 4.78 is 0. The molecule has 1 aromatic rings. The lowest BCUT2D eigenvalue weighted by Gasteiger charge is -2.21. The summed E-state index contributed by atoms with van der Waals surface area (Å²) in [6.45, 7) is 8.52. The molecule has 0 unspecified atom stereocenters. The van der Waals surface area contributed by atoms with E-state index in [4.69, 9.17) is 5.73 Å². The Bertz CT molecular complexity index is 394. The second-order valence-electron chi connectivity index (χ2n) is 5.72. The third kappa shape index (κ3) is 3.67. The molecule has 2 N–H and O–H groups in total. The minimum absolute atomic E-state index is 0.130. The van der Waals surface area contributed by atoms with Gasteiger partial charge in [-0.25, -0.2) is 0 Å². The van der Waals surface area contributed by atoms with E-state index in [1.54, 1.807) is 0 Å². The van der Waals surface area contributed by atoms with Crippen molar-refractivity contribution in [2.24, 2.45) is 17.1 Å². The van der Waals surface area contributed by atoms with E-state index in [1.807, 2.05) is 32.0 Å². The molecule has 0 spiro atoms. The van der Waals surface area contributed by atoms with E-state index in [2.05, 4.69) is 19.9 Å². The fraction of sp³-hybridized carbons (Fsp3) is 0.533. The van der Waals surface area contributed by atoms with Gasteiger partial charge >= 0.3 is 0 Å². The molecule has 2 nitrogen and oxygen atoms in total. The molecular weight excluding hydrogens is 210 g/mol. The maximum Gasteiger partial charge on any atom is 0.169 e. The van der Waals surface area contributed by atoms with Crippen LogP contribution >= 0.6 is 0 Å². The Hall–Kier alpha value is -1.15. The minimum Gasteiger partial charge on any atom is -0.329 e. The number of Topliss-reactive ketones (excluding diaryl/α,β-unsaturated/α-hetero) is 1. The van der Waals surface area contributed by atoms with Crippen LogP contribution in [0.4, 0.5) is 0 Å². The summed E-state index contributed by atoms with van der Waals surface area (Å²) >= 11 is 0. The molecule has 17 heavy (non-hydrogen) atoms. The monoisotopic (exact) mass is 233 g/mol. The first-order chi connectivity index (χ1) is 7.86. The number of carbonyl (C=O) groups excluding carboxylic acids is 1. The SMILES string of the molecule is CC(C)Cc1cccc(C(=O)C(C)(C)CN)c1. The fourth-order valence-electron chi connectivity index (χ4n) is 1.79. The summed E-state index contributed by atoms with van der Waals surface area (Å²) in [5.74, 6) is 0.730. The van der Waals surface area contributed by atoms with Crippen LogP contribution in [-0.4, -0.2) is 12.3 Å². The van der Waals surface area contributed by atoms with Crippen LogP contribution in [0.5, 0.6) is 0 Å². The van der Waals surface area contributed by atoms with Crippen LogP contribution in [0.2, 0.25) is 0 Å². The molecule has 0 aromatic heterocycles.